The average molecular weight is 394 g/mol. The van der Waals surface area contributed by atoms with E-state index in [4.69, 9.17) is 4.74 Å². The molecule has 10 heteroatoms. The van der Waals surface area contributed by atoms with Crippen molar-refractivity contribution in [2.24, 2.45) is 0 Å². The second-order valence-electron chi connectivity index (χ2n) is 6.50. The maximum absolute atomic E-state index is 13.0. The number of carboxylic acid groups (broad SMARTS) is 1. The number of carboxylic acids is 1. The molecule has 2 heterocycles. The second kappa shape index (κ2) is 7.75. The van der Waals surface area contributed by atoms with Gasteiger partial charge < -0.3 is 14.4 Å². The quantitative estimate of drug-likeness (QED) is 0.725. The lowest BCUT2D eigenvalue weighted by atomic mass is 10.1. The smallest absolute Gasteiger partial charge is 0.323 e. The number of nitrogens with zero attached hydrogens (tertiary/aromatic N) is 4. The number of fused-ring (bicyclic) bond motifs is 1. The molecule has 2 unspecified atom stereocenters. The maximum atomic E-state index is 13.0. The molecule has 0 fully saturated rings. The zero-order valence-electron chi connectivity index (χ0n) is 15.1. The Kier molecular flexibility index (Phi) is 5.59. The highest BCUT2D eigenvalue weighted by molar-refractivity contribution is 7.89. The summed E-state index contributed by atoms with van der Waals surface area (Å²) in [5.41, 5.74) is 0.948. The number of ether oxygens (including phenoxy) is 1. The van der Waals surface area contributed by atoms with Crippen molar-refractivity contribution in [2.45, 2.75) is 38.6 Å². The van der Waals surface area contributed by atoms with Crippen LogP contribution in [0.25, 0.3) is 0 Å². The Morgan fingerprint density at radius 3 is 2.67 bits per heavy atom. The van der Waals surface area contributed by atoms with E-state index in [1.807, 2.05) is 30.3 Å². The van der Waals surface area contributed by atoms with Crippen LogP contribution < -0.4 is 0 Å². The summed E-state index contributed by atoms with van der Waals surface area (Å²) < 4.78 is 34.0. The van der Waals surface area contributed by atoms with Crippen LogP contribution in [0, 0.1) is 6.92 Å². The van der Waals surface area contributed by atoms with Crippen molar-refractivity contribution in [2.75, 3.05) is 12.9 Å². The molecule has 0 saturated heterocycles. The van der Waals surface area contributed by atoms with Gasteiger partial charge in [0.05, 0.1) is 24.9 Å². The molecule has 27 heavy (non-hydrogen) atoms. The number of carbonyl (C=O) groups is 1. The molecule has 1 aliphatic heterocycles. The SMILES string of the molecule is COC(Cc1ccccc1)CS(=O)(=O)N1Cc2nnc(C)n2CC1C(=O)O. The molecule has 9 nitrogen and oxygen atoms in total. The molecule has 0 spiro atoms. The molecule has 3 rings (SSSR count). The number of hydrogen-bond acceptors (Lipinski definition) is 6. The first-order valence-corrected chi connectivity index (χ1v) is 10.1. The van der Waals surface area contributed by atoms with Crippen molar-refractivity contribution in [3.05, 3.63) is 47.5 Å². The Morgan fingerprint density at radius 1 is 1.33 bits per heavy atom. The lowest BCUT2D eigenvalue weighted by Gasteiger charge is -2.33. The molecule has 0 aliphatic carbocycles. The largest absolute Gasteiger partial charge is 0.480 e. The minimum atomic E-state index is -3.90. The fourth-order valence-corrected chi connectivity index (χ4v) is 4.98. The summed E-state index contributed by atoms with van der Waals surface area (Å²) in [7, 11) is -2.44. The Hall–Kier alpha value is -2.30. The van der Waals surface area contributed by atoms with E-state index in [1.165, 1.54) is 7.11 Å². The van der Waals surface area contributed by atoms with Gasteiger partial charge in [-0.1, -0.05) is 30.3 Å². The van der Waals surface area contributed by atoms with Crippen molar-refractivity contribution in [1.29, 1.82) is 0 Å². The molecule has 0 amide bonds. The van der Waals surface area contributed by atoms with Crippen molar-refractivity contribution in [1.82, 2.24) is 19.1 Å². The van der Waals surface area contributed by atoms with Crippen LogP contribution in [0.15, 0.2) is 30.3 Å². The molecule has 1 N–H and O–H groups in total. The van der Waals surface area contributed by atoms with Gasteiger partial charge in [-0.15, -0.1) is 10.2 Å². The molecular formula is C17H22N4O5S. The minimum Gasteiger partial charge on any atom is -0.480 e. The van der Waals surface area contributed by atoms with Crippen LogP contribution in [0.1, 0.15) is 17.2 Å². The van der Waals surface area contributed by atoms with Crippen molar-refractivity contribution >= 4 is 16.0 Å². The summed E-state index contributed by atoms with van der Waals surface area (Å²) in [5, 5.41) is 17.4. The van der Waals surface area contributed by atoms with E-state index in [0.29, 0.717) is 18.1 Å². The highest BCUT2D eigenvalue weighted by Crippen LogP contribution is 2.23. The van der Waals surface area contributed by atoms with Crippen LogP contribution in [-0.2, 0) is 39.1 Å². The van der Waals surface area contributed by atoms with Crippen molar-refractivity contribution < 1.29 is 23.1 Å². The standard InChI is InChI=1S/C17H22N4O5S/c1-12-18-19-16-10-21(15(17(22)23)9-20(12)16)27(24,25)11-14(26-2)8-13-6-4-3-5-7-13/h3-7,14-15H,8-11H2,1-2H3,(H,22,23). The lowest BCUT2D eigenvalue weighted by Crippen LogP contribution is -2.52. The predicted molar refractivity (Wildman–Crippen MR) is 96.5 cm³/mol. The van der Waals surface area contributed by atoms with Crippen LogP contribution in [0.5, 0.6) is 0 Å². The first-order valence-electron chi connectivity index (χ1n) is 8.49. The summed E-state index contributed by atoms with van der Waals surface area (Å²) in [6, 6.07) is 8.21. The summed E-state index contributed by atoms with van der Waals surface area (Å²) in [6.45, 7) is 1.57. The zero-order chi connectivity index (χ0) is 19.6. The third-order valence-electron chi connectivity index (χ3n) is 4.69. The Morgan fingerprint density at radius 2 is 2.04 bits per heavy atom. The van der Waals surface area contributed by atoms with Crippen LogP contribution >= 0.6 is 0 Å². The predicted octanol–water partition coefficient (Wildman–Crippen LogP) is 0.443. The van der Waals surface area contributed by atoms with Gasteiger partial charge in [-0.25, -0.2) is 8.42 Å². The normalized spacial score (nSPS) is 18.8. The van der Waals surface area contributed by atoms with Gasteiger partial charge >= 0.3 is 5.97 Å². The van der Waals surface area contributed by atoms with Gasteiger partial charge in [-0.2, -0.15) is 4.31 Å². The van der Waals surface area contributed by atoms with E-state index >= 15 is 0 Å². The number of aryl methyl sites for hydroxylation is 1. The van der Waals surface area contributed by atoms with Crippen LogP contribution in [-0.4, -0.2) is 63.6 Å². The first-order chi connectivity index (χ1) is 12.8. The number of aliphatic carboxylic acids is 1. The van der Waals surface area contributed by atoms with Gasteiger partial charge in [0, 0.05) is 7.11 Å². The van der Waals surface area contributed by atoms with E-state index in [2.05, 4.69) is 10.2 Å². The second-order valence-corrected chi connectivity index (χ2v) is 8.47. The summed E-state index contributed by atoms with van der Waals surface area (Å²) in [4.78, 5) is 11.7. The maximum Gasteiger partial charge on any atom is 0.323 e. The van der Waals surface area contributed by atoms with Crippen LogP contribution in [0.3, 0.4) is 0 Å². The highest BCUT2D eigenvalue weighted by atomic mass is 32.2. The van der Waals surface area contributed by atoms with Gasteiger partial charge in [0.2, 0.25) is 10.0 Å². The van der Waals surface area contributed by atoms with Gasteiger partial charge in [-0.3, -0.25) is 4.79 Å². The summed E-state index contributed by atoms with van der Waals surface area (Å²) in [5.74, 6) is -0.512. The number of aromatic nitrogens is 3. The fraction of sp³-hybridized carbons (Fsp3) is 0.471. The molecule has 1 aliphatic rings. The molecule has 1 aromatic carbocycles. The van der Waals surface area contributed by atoms with E-state index < -0.39 is 28.1 Å². The molecule has 2 aromatic rings. The molecule has 146 valence electrons. The fourth-order valence-electron chi connectivity index (χ4n) is 3.20. The monoisotopic (exact) mass is 394 g/mol. The molecular weight excluding hydrogens is 372 g/mol. The van der Waals surface area contributed by atoms with E-state index in [9.17, 15) is 18.3 Å². The van der Waals surface area contributed by atoms with Gasteiger partial charge in [-0.05, 0) is 18.9 Å². The third kappa shape index (κ3) is 4.18. The van der Waals surface area contributed by atoms with E-state index in [0.717, 1.165) is 9.87 Å². The highest BCUT2D eigenvalue weighted by Gasteiger charge is 2.41. The number of methoxy groups -OCH3 is 1. The minimum absolute atomic E-state index is 0.0148. The molecule has 0 bridgehead atoms. The first kappa shape index (κ1) is 19.5. The van der Waals surface area contributed by atoms with Crippen LogP contribution in [0.2, 0.25) is 0 Å². The Balaban J connectivity index is 1.82. The average Bonchev–Trinajstić information content (AvgIpc) is 3.01. The number of benzene rings is 1. The van der Waals surface area contributed by atoms with Gasteiger partial charge in [0.15, 0.2) is 0 Å². The van der Waals surface area contributed by atoms with Gasteiger partial charge in [0.1, 0.15) is 17.7 Å². The number of hydrogen-bond donors (Lipinski definition) is 1. The van der Waals surface area contributed by atoms with Gasteiger partial charge in [0.25, 0.3) is 0 Å². The van der Waals surface area contributed by atoms with Crippen molar-refractivity contribution in [3.8, 4) is 0 Å². The number of rotatable bonds is 7. The molecule has 0 saturated carbocycles. The Bertz CT molecular complexity index is 913. The summed E-state index contributed by atoms with van der Waals surface area (Å²) in [6.07, 6.45) is -0.175. The molecule has 0 radical (unpaired) electrons. The molecule has 2 atom stereocenters. The molecule has 1 aromatic heterocycles. The van der Waals surface area contributed by atoms with E-state index in [-0.39, 0.29) is 18.8 Å². The zero-order valence-corrected chi connectivity index (χ0v) is 16.0. The summed E-state index contributed by atoms with van der Waals surface area (Å²) >= 11 is 0. The topological polar surface area (TPSA) is 115 Å². The van der Waals surface area contributed by atoms with Crippen LogP contribution in [0.4, 0.5) is 0 Å². The number of sulfonamides is 1. The Labute approximate surface area is 157 Å². The van der Waals surface area contributed by atoms with Crippen molar-refractivity contribution in [3.63, 3.8) is 0 Å². The van der Waals surface area contributed by atoms with E-state index in [1.54, 1.807) is 11.5 Å². The third-order valence-corrected chi connectivity index (χ3v) is 6.58. The lowest BCUT2D eigenvalue weighted by molar-refractivity contribution is -0.142.